The Morgan fingerprint density at radius 3 is 2.40 bits per heavy atom. The molecule has 1 aromatic rings. The van der Waals surface area contributed by atoms with Gasteiger partial charge in [-0.3, -0.25) is 9.48 Å². The summed E-state index contributed by atoms with van der Waals surface area (Å²) in [5, 5.41) is 4.55. The van der Waals surface area contributed by atoms with Crippen molar-refractivity contribution in [3.63, 3.8) is 0 Å². The maximum absolute atomic E-state index is 12.1. The van der Waals surface area contributed by atoms with Gasteiger partial charge in [0, 0.05) is 11.5 Å². The zero-order valence-corrected chi connectivity index (χ0v) is 10.6. The van der Waals surface area contributed by atoms with Crippen LogP contribution in [0.1, 0.15) is 51.1 Å². The number of ketones is 1. The molecule has 0 fully saturated rings. The standard InChI is InChI=1S/C11H17ClN2O/c1-7(2)14-9(8(12)6-13-14)10(15)11(3,4)5/h6-7H,1-5H3. The minimum atomic E-state index is -0.434. The van der Waals surface area contributed by atoms with Crippen LogP contribution in [-0.4, -0.2) is 15.6 Å². The van der Waals surface area contributed by atoms with Crippen LogP contribution in [0.3, 0.4) is 0 Å². The molecule has 0 spiro atoms. The Labute approximate surface area is 95.4 Å². The second kappa shape index (κ2) is 3.97. The Morgan fingerprint density at radius 1 is 1.47 bits per heavy atom. The lowest BCUT2D eigenvalue weighted by Gasteiger charge is -2.19. The maximum atomic E-state index is 12.1. The van der Waals surface area contributed by atoms with Gasteiger partial charge >= 0.3 is 0 Å². The molecule has 0 aromatic carbocycles. The lowest BCUT2D eigenvalue weighted by atomic mass is 9.89. The lowest BCUT2D eigenvalue weighted by molar-refractivity contribution is 0.0845. The van der Waals surface area contributed by atoms with E-state index in [1.165, 1.54) is 6.20 Å². The molecule has 84 valence electrons. The van der Waals surface area contributed by atoms with E-state index in [0.717, 1.165) is 0 Å². The molecule has 0 atom stereocenters. The molecule has 15 heavy (non-hydrogen) atoms. The third-order valence-electron chi connectivity index (χ3n) is 2.14. The fraction of sp³-hybridized carbons (Fsp3) is 0.636. The highest BCUT2D eigenvalue weighted by Crippen LogP contribution is 2.27. The molecule has 1 rings (SSSR count). The highest BCUT2D eigenvalue weighted by molar-refractivity contribution is 6.33. The van der Waals surface area contributed by atoms with E-state index in [2.05, 4.69) is 5.10 Å². The third-order valence-corrected chi connectivity index (χ3v) is 2.41. The van der Waals surface area contributed by atoms with E-state index in [9.17, 15) is 4.79 Å². The molecule has 0 aliphatic heterocycles. The molecule has 0 amide bonds. The number of nitrogens with zero attached hydrogens (tertiary/aromatic N) is 2. The Hall–Kier alpha value is -0.830. The smallest absolute Gasteiger partial charge is 0.187 e. The molecule has 0 N–H and O–H groups in total. The van der Waals surface area contributed by atoms with Crippen LogP contribution in [0.25, 0.3) is 0 Å². The van der Waals surface area contributed by atoms with Gasteiger partial charge in [0.05, 0.1) is 11.2 Å². The first-order valence-electron chi connectivity index (χ1n) is 5.03. The maximum Gasteiger partial charge on any atom is 0.187 e. The van der Waals surface area contributed by atoms with Gasteiger partial charge < -0.3 is 0 Å². The Kier molecular flexibility index (Phi) is 3.24. The first-order valence-corrected chi connectivity index (χ1v) is 5.40. The summed E-state index contributed by atoms with van der Waals surface area (Å²) in [5.74, 6) is 0.0266. The average Bonchev–Trinajstić information content (AvgIpc) is 2.44. The molecule has 0 aliphatic carbocycles. The predicted molar refractivity (Wildman–Crippen MR) is 61.4 cm³/mol. The van der Waals surface area contributed by atoms with Crippen molar-refractivity contribution in [1.82, 2.24) is 9.78 Å². The average molecular weight is 229 g/mol. The number of rotatable bonds is 2. The summed E-state index contributed by atoms with van der Waals surface area (Å²) in [6.07, 6.45) is 1.53. The molecule has 0 aliphatic rings. The quantitative estimate of drug-likeness (QED) is 0.728. The molecule has 0 saturated carbocycles. The molecular formula is C11H17ClN2O. The highest BCUT2D eigenvalue weighted by Gasteiger charge is 2.29. The molecule has 3 nitrogen and oxygen atoms in total. The first kappa shape index (κ1) is 12.2. The van der Waals surface area contributed by atoms with E-state index in [-0.39, 0.29) is 11.8 Å². The number of hydrogen-bond acceptors (Lipinski definition) is 2. The van der Waals surface area contributed by atoms with Crippen LogP contribution in [0.15, 0.2) is 6.20 Å². The van der Waals surface area contributed by atoms with E-state index in [0.29, 0.717) is 10.7 Å². The topological polar surface area (TPSA) is 34.9 Å². The summed E-state index contributed by atoms with van der Waals surface area (Å²) in [4.78, 5) is 12.1. The Bertz CT molecular complexity index is 374. The third kappa shape index (κ3) is 2.40. The van der Waals surface area contributed by atoms with Gasteiger partial charge in [-0.1, -0.05) is 32.4 Å². The van der Waals surface area contributed by atoms with Crippen molar-refractivity contribution in [3.8, 4) is 0 Å². The number of carbonyl (C=O) groups is 1. The SMILES string of the molecule is CC(C)n1ncc(Cl)c1C(=O)C(C)(C)C. The summed E-state index contributed by atoms with van der Waals surface area (Å²) >= 11 is 5.99. The Morgan fingerprint density at radius 2 is 2.00 bits per heavy atom. The lowest BCUT2D eigenvalue weighted by Crippen LogP contribution is -2.24. The molecule has 0 bridgehead atoms. The van der Waals surface area contributed by atoms with Gasteiger partial charge in [-0.05, 0) is 13.8 Å². The van der Waals surface area contributed by atoms with Crippen LogP contribution >= 0.6 is 11.6 Å². The fourth-order valence-corrected chi connectivity index (χ4v) is 1.52. The fourth-order valence-electron chi connectivity index (χ4n) is 1.30. The molecule has 1 heterocycles. The molecule has 4 heteroatoms. The largest absolute Gasteiger partial charge is 0.292 e. The van der Waals surface area contributed by atoms with Gasteiger partial charge in [-0.25, -0.2) is 0 Å². The van der Waals surface area contributed by atoms with Crippen molar-refractivity contribution in [2.75, 3.05) is 0 Å². The van der Waals surface area contributed by atoms with Crippen LogP contribution in [0.2, 0.25) is 5.02 Å². The molecular weight excluding hydrogens is 212 g/mol. The summed E-state index contributed by atoms with van der Waals surface area (Å²) in [7, 11) is 0. The molecule has 1 aromatic heterocycles. The van der Waals surface area contributed by atoms with Gasteiger partial charge in [0.25, 0.3) is 0 Å². The van der Waals surface area contributed by atoms with Gasteiger partial charge in [0.1, 0.15) is 5.69 Å². The highest BCUT2D eigenvalue weighted by atomic mass is 35.5. The molecule has 0 radical (unpaired) electrons. The summed E-state index contributed by atoms with van der Waals surface area (Å²) in [6, 6.07) is 0.138. The minimum absolute atomic E-state index is 0.0266. The number of hydrogen-bond donors (Lipinski definition) is 0. The van der Waals surface area contributed by atoms with Crippen LogP contribution < -0.4 is 0 Å². The zero-order chi connectivity index (χ0) is 11.8. The number of Topliss-reactive ketones (excluding diaryl/α,β-unsaturated/α-hetero) is 1. The van der Waals surface area contributed by atoms with E-state index in [1.807, 2.05) is 34.6 Å². The summed E-state index contributed by atoms with van der Waals surface area (Å²) < 4.78 is 1.68. The van der Waals surface area contributed by atoms with Crippen LogP contribution in [-0.2, 0) is 0 Å². The molecule has 0 unspecified atom stereocenters. The number of halogens is 1. The van der Waals surface area contributed by atoms with E-state index in [1.54, 1.807) is 4.68 Å². The van der Waals surface area contributed by atoms with Crippen molar-refractivity contribution in [2.24, 2.45) is 5.41 Å². The second-order valence-electron chi connectivity index (χ2n) is 4.96. The minimum Gasteiger partial charge on any atom is -0.292 e. The van der Waals surface area contributed by atoms with Crippen molar-refractivity contribution in [3.05, 3.63) is 16.9 Å². The predicted octanol–water partition coefficient (Wildman–Crippen LogP) is 3.35. The van der Waals surface area contributed by atoms with Crippen molar-refractivity contribution < 1.29 is 4.79 Å². The van der Waals surface area contributed by atoms with Crippen molar-refractivity contribution >= 4 is 17.4 Å². The molecule has 0 saturated heterocycles. The van der Waals surface area contributed by atoms with Crippen molar-refractivity contribution in [1.29, 1.82) is 0 Å². The zero-order valence-electron chi connectivity index (χ0n) is 9.84. The van der Waals surface area contributed by atoms with Crippen LogP contribution in [0.5, 0.6) is 0 Å². The Balaban J connectivity index is 3.24. The second-order valence-corrected chi connectivity index (χ2v) is 5.37. The number of carbonyl (C=O) groups excluding carboxylic acids is 1. The number of aromatic nitrogens is 2. The van der Waals surface area contributed by atoms with Gasteiger partial charge in [-0.15, -0.1) is 0 Å². The van der Waals surface area contributed by atoms with Crippen LogP contribution in [0.4, 0.5) is 0 Å². The van der Waals surface area contributed by atoms with E-state index < -0.39 is 5.41 Å². The van der Waals surface area contributed by atoms with Gasteiger partial charge in [-0.2, -0.15) is 5.10 Å². The summed E-state index contributed by atoms with van der Waals surface area (Å²) in [5.41, 5.74) is 0.0789. The summed E-state index contributed by atoms with van der Waals surface area (Å²) in [6.45, 7) is 9.58. The van der Waals surface area contributed by atoms with E-state index >= 15 is 0 Å². The van der Waals surface area contributed by atoms with Crippen molar-refractivity contribution in [2.45, 2.75) is 40.7 Å². The normalized spacial score (nSPS) is 12.2. The first-order chi connectivity index (χ1) is 6.75. The van der Waals surface area contributed by atoms with Crippen LogP contribution in [0, 0.1) is 5.41 Å². The monoisotopic (exact) mass is 228 g/mol. The van der Waals surface area contributed by atoms with Gasteiger partial charge in [0.15, 0.2) is 5.78 Å². The van der Waals surface area contributed by atoms with E-state index in [4.69, 9.17) is 11.6 Å². The van der Waals surface area contributed by atoms with Gasteiger partial charge in [0.2, 0.25) is 0 Å².